The number of amides is 1. The van der Waals surface area contributed by atoms with Gasteiger partial charge in [0.05, 0.1) is 17.3 Å². The minimum Gasteiger partial charge on any atom is -0.368 e. The molecule has 1 atom stereocenters. The summed E-state index contributed by atoms with van der Waals surface area (Å²) in [5.41, 5.74) is 5.72. The van der Waals surface area contributed by atoms with E-state index in [1.165, 1.54) is 0 Å². The number of aromatic nitrogens is 2. The summed E-state index contributed by atoms with van der Waals surface area (Å²) in [4.78, 5) is 12.0. The zero-order valence-corrected chi connectivity index (χ0v) is 12.4. The number of rotatable bonds is 6. The highest BCUT2D eigenvalue weighted by atomic mass is 35.5. The third-order valence-electron chi connectivity index (χ3n) is 3.56. The molecule has 6 heteroatoms. The van der Waals surface area contributed by atoms with Crippen molar-refractivity contribution in [1.82, 2.24) is 15.1 Å². The molecule has 1 aliphatic rings. The summed E-state index contributed by atoms with van der Waals surface area (Å²) < 4.78 is 1.72. The lowest BCUT2D eigenvalue weighted by Gasteiger charge is -2.34. The average molecular weight is 285 g/mol. The molecular formula is C13H21ClN4O. The van der Waals surface area contributed by atoms with Gasteiger partial charge in [-0.15, -0.1) is 0 Å². The van der Waals surface area contributed by atoms with Gasteiger partial charge in [0.1, 0.15) is 5.54 Å². The number of nitrogens with zero attached hydrogens (tertiary/aromatic N) is 2. The summed E-state index contributed by atoms with van der Waals surface area (Å²) in [5.74, 6) is -0.0244. The summed E-state index contributed by atoms with van der Waals surface area (Å²) >= 11 is 6.02. The van der Waals surface area contributed by atoms with Crippen LogP contribution in [0.3, 0.4) is 0 Å². The van der Waals surface area contributed by atoms with Crippen LogP contribution in [0.2, 0.25) is 5.02 Å². The van der Waals surface area contributed by atoms with Crippen molar-refractivity contribution in [3.63, 3.8) is 0 Å². The third kappa shape index (κ3) is 2.92. The molecule has 1 fully saturated rings. The van der Waals surface area contributed by atoms with Crippen LogP contribution in [0.15, 0.2) is 6.20 Å². The number of hydrogen-bond donors (Lipinski definition) is 2. The Morgan fingerprint density at radius 3 is 2.68 bits per heavy atom. The minimum atomic E-state index is -0.726. The molecule has 0 aromatic carbocycles. The topological polar surface area (TPSA) is 72.9 Å². The lowest BCUT2D eigenvalue weighted by molar-refractivity contribution is -0.126. The summed E-state index contributed by atoms with van der Waals surface area (Å²) in [7, 11) is 0. The summed E-state index contributed by atoms with van der Waals surface area (Å²) in [6, 6.07) is 0.181. The smallest absolute Gasteiger partial charge is 0.239 e. The van der Waals surface area contributed by atoms with E-state index >= 15 is 0 Å². The van der Waals surface area contributed by atoms with Crippen LogP contribution in [0, 0.1) is 12.8 Å². The number of carbonyl (C=O) groups is 1. The molecule has 19 heavy (non-hydrogen) atoms. The van der Waals surface area contributed by atoms with Crippen molar-refractivity contribution in [3.05, 3.63) is 16.9 Å². The fourth-order valence-corrected chi connectivity index (χ4v) is 2.71. The van der Waals surface area contributed by atoms with Gasteiger partial charge in [0, 0.05) is 12.2 Å². The quantitative estimate of drug-likeness (QED) is 0.831. The Balaban J connectivity index is 2.28. The van der Waals surface area contributed by atoms with Crippen molar-refractivity contribution < 1.29 is 4.79 Å². The Labute approximate surface area is 118 Å². The minimum absolute atomic E-state index is 0.181. The maximum absolute atomic E-state index is 12.0. The van der Waals surface area contributed by atoms with E-state index in [4.69, 9.17) is 17.3 Å². The van der Waals surface area contributed by atoms with E-state index in [0.29, 0.717) is 11.6 Å². The van der Waals surface area contributed by atoms with Gasteiger partial charge in [-0.05, 0) is 39.5 Å². The highest BCUT2D eigenvalue weighted by Crippen LogP contribution is 2.41. The zero-order chi connectivity index (χ0) is 14.2. The monoisotopic (exact) mass is 284 g/mol. The Morgan fingerprint density at radius 2 is 2.32 bits per heavy atom. The van der Waals surface area contributed by atoms with E-state index < -0.39 is 5.54 Å². The van der Waals surface area contributed by atoms with Crippen LogP contribution in [-0.2, 0) is 11.3 Å². The highest BCUT2D eigenvalue weighted by molar-refractivity contribution is 6.31. The van der Waals surface area contributed by atoms with Crippen molar-refractivity contribution in [1.29, 1.82) is 0 Å². The van der Waals surface area contributed by atoms with Gasteiger partial charge in [-0.3, -0.25) is 14.8 Å². The molecule has 1 aromatic heterocycles. The molecule has 0 saturated heterocycles. The number of hydrogen-bond acceptors (Lipinski definition) is 3. The van der Waals surface area contributed by atoms with Crippen LogP contribution in [0.25, 0.3) is 0 Å². The van der Waals surface area contributed by atoms with Gasteiger partial charge in [0.2, 0.25) is 5.91 Å². The number of primary amides is 1. The summed E-state index contributed by atoms with van der Waals surface area (Å²) in [6.45, 7) is 6.30. The molecule has 0 spiro atoms. The molecule has 5 nitrogen and oxygen atoms in total. The largest absolute Gasteiger partial charge is 0.368 e. The lowest BCUT2D eigenvalue weighted by atomic mass is 9.91. The molecule has 1 unspecified atom stereocenters. The first-order valence-electron chi connectivity index (χ1n) is 6.62. The molecule has 0 radical (unpaired) electrons. The Bertz CT molecular complexity index is 461. The molecule has 1 amide bonds. The van der Waals surface area contributed by atoms with Crippen molar-refractivity contribution in [2.24, 2.45) is 11.7 Å². The standard InChI is InChI=1S/C13H21ClN4O/c1-8(2)16-13(12(15)19,10-4-5-10)7-18-6-11(14)9(3)17-18/h6,8,10,16H,4-5,7H2,1-3H3,(H2,15,19). The number of aryl methyl sites for hydroxylation is 1. The molecule has 1 saturated carbocycles. The van der Waals surface area contributed by atoms with Crippen LogP contribution in [0.4, 0.5) is 0 Å². The third-order valence-corrected chi connectivity index (χ3v) is 3.93. The Hall–Kier alpha value is -1.07. The molecule has 2 rings (SSSR count). The molecule has 0 bridgehead atoms. The second kappa shape index (κ2) is 5.13. The maximum atomic E-state index is 12.0. The summed E-state index contributed by atoms with van der Waals surface area (Å²) in [6.07, 6.45) is 3.80. The second-order valence-electron chi connectivity index (χ2n) is 5.67. The van der Waals surface area contributed by atoms with Crippen LogP contribution >= 0.6 is 11.6 Å². The van der Waals surface area contributed by atoms with Gasteiger partial charge in [-0.25, -0.2) is 0 Å². The Kier molecular flexibility index (Phi) is 3.87. The van der Waals surface area contributed by atoms with E-state index in [0.717, 1.165) is 18.5 Å². The van der Waals surface area contributed by atoms with E-state index in [2.05, 4.69) is 10.4 Å². The fraction of sp³-hybridized carbons (Fsp3) is 0.692. The first-order chi connectivity index (χ1) is 8.85. The van der Waals surface area contributed by atoms with Gasteiger partial charge in [0.25, 0.3) is 0 Å². The van der Waals surface area contributed by atoms with Crippen LogP contribution in [0.5, 0.6) is 0 Å². The molecule has 1 heterocycles. The predicted molar refractivity (Wildman–Crippen MR) is 74.9 cm³/mol. The van der Waals surface area contributed by atoms with Gasteiger partial charge in [-0.2, -0.15) is 5.10 Å². The van der Waals surface area contributed by atoms with Crippen LogP contribution in [0.1, 0.15) is 32.4 Å². The lowest BCUT2D eigenvalue weighted by Crippen LogP contribution is -2.61. The Morgan fingerprint density at radius 1 is 1.68 bits per heavy atom. The number of halogens is 1. The van der Waals surface area contributed by atoms with Gasteiger partial charge < -0.3 is 5.73 Å². The molecular weight excluding hydrogens is 264 g/mol. The SMILES string of the molecule is Cc1nn(CC(NC(C)C)(C(N)=O)C2CC2)cc1Cl. The van der Waals surface area contributed by atoms with Crippen molar-refractivity contribution in [2.45, 2.75) is 51.7 Å². The van der Waals surface area contributed by atoms with Gasteiger partial charge in [-0.1, -0.05) is 11.6 Å². The maximum Gasteiger partial charge on any atom is 0.239 e. The highest BCUT2D eigenvalue weighted by Gasteiger charge is 2.50. The van der Waals surface area contributed by atoms with Gasteiger partial charge in [0.15, 0.2) is 0 Å². The number of carbonyl (C=O) groups excluding carboxylic acids is 1. The van der Waals surface area contributed by atoms with E-state index in [1.807, 2.05) is 20.8 Å². The van der Waals surface area contributed by atoms with Gasteiger partial charge >= 0.3 is 0 Å². The second-order valence-corrected chi connectivity index (χ2v) is 6.08. The van der Waals surface area contributed by atoms with Crippen molar-refractivity contribution >= 4 is 17.5 Å². The van der Waals surface area contributed by atoms with E-state index in [9.17, 15) is 4.79 Å². The summed E-state index contributed by atoms with van der Waals surface area (Å²) in [5, 5.41) is 8.30. The molecule has 3 N–H and O–H groups in total. The molecule has 0 aliphatic heterocycles. The first-order valence-corrected chi connectivity index (χ1v) is 7.00. The number of nitrogens with two attached hydrogens (primary N) is 1. The van der Waals surface area contributed by atoms with E-state index in [1.54, 1.807) is 10.9 Å². The molecule has 1 aromatic rings. The van der Waals surface area contributed by atoms with Crippen LogP contribution < -0.4 is 11.1 Å². The van der Waals surface area contributed by atoms with E-state index in [-0.39, 0.29) is 17.9 Å². The molecule has 1 aliphatic carbocycles. The molecule has 106 valence electrons. The van der Waals surface area contributed by atoms with Crippen molar-refractivity contribution in [2.75, 3.05) is 0 Å². The van der Waals surface area contributed by atoms with Crippen LogP contribution in [-0.4, -0.2) is 27.3 Å². The predicted octanol–water partition coefficient (Wildman–Crippen LogP) is 1.48. The normalized spacial score (nSPS) is 18.6. The number of nitrogens with one attached hydrogen (secondary N) is 1. The average Bonchev–Trinajstić information content (AvgIpc) is 3.06. The fourth-order valence-electron chi connectivity index (χ4n) is 2.56. The first kappa shape index (κ1) is 14.3. The zero-order valence-electron chi connectivity index (χ0n) is 11.6. The van der Waals surface area contributed by atoms with Crippen molar-refractivity contribution in [3.8, 4) is 0 Å².